The van der Waals surface area contributed by atoms with Crippen molar-refractivity contribution in [1.29, 1.82) is 0 Å². The van der Waals surface area contributed by atoms with Crippen LogP contribution in [0.3, 0.4) is 0 Å². The fourth-order valence-corrected chi connectivity index (χ4v) is 2.61. The van der Waals surface area contributed by atoms with E-state index in [0.29, 0.717) is 0 Å². The number of nitrogens with two attached hydrogens (primary N) is 1. The van der Waals surface area contributed by atoms with Gasteiger partial charge in [0.25, 0.3) is 0 Å². The van der Waals surface area contributed by atoms with Crippen LogP contribution in [0.5, 0.6) is 0 Å². The monoisotopic (exact) mass is 220 g/mol. The summed E-state index contributed by atoms with van der Waals surface area (Å²) < 4.78 is 0. The maximum Gasteiger partial charge on any atom is 0.125 e. The SMILES string of the molecule is Cc1ncc(C2(CCN)CCN(C)C2)cn1. The van der Waals surface area contributed by atoms with Crippen LogP contribution in [0.4, 0.5) is 0 Å². The van der Waals surface area contributed by atoms with Crippen LogP contribution in [0.15, 0.2) is 12.4 Å². The Morgan fingerprint density at radius 2 is 2.12 bits per heavy atom. The lowest BCUT2D eigenvalue weighted by atomic mass is 9.78. The quantitative estimate of drug-likeness (QED) is 0.815. The van der Waals surface area contributed by atoms with Crippen LogP contribution in [0.25, 0.3) is 0 Å². The van der Waals surface area contributed by atoms with E-state index in [1.54, 1.807) is 0 Å². The first kappa shape index (κ1) is 11.5. The van der Waals surface area contributed by atoms with Crippen molar-refractivity contribution < 1.29 is 0 Å². The van der Waals surface area contributed by atoms with Crippen LogP contribution < -0.4 is 5.73 Å². The van der Waals surface area contributed by atoms with E-state index in [2.05, 4.69) is 21.9 Å². The Balaban J connectivity index is 2.28. The van der Waals surface area contributed by atoms with Gasteiger partial charge in [0.05, 0.1) is 0 Å². The minimum atomic E-state index is 0.178. The number of hydrogen-bond acceptors (Lipinski definition) is 4. The molecule has 1 aliphatic heterocycles. The third kappa shape index (κ3) is 2.08. The van der Waals surface area contributed by atoms with Crippen molar-refractivity contribution in [2.24, 2.45) is 5.73 Å². The Kier molecular flexibility index (Phi) is 3.21. The van der Waals surface area contributed by atoms with E-state index in [9.17, 15) is 0 Å². The zero-order chi connectivity index (χ0) is 11.6. The molecule has 0 amide bonds. The number of aromatic nitrogens is 2. The summed E-state index contributed by atoms with van der Waals surface area (Å²) in [5.41, 5.74) is 7.17. The van der Waals surface area contributed by atoms with E-state index in [4.69, 9.17) is 5.73 Å². The van der Waals surface area contributed by atoms with Crippen molar-refractivity contribution in [3.8, 4) is 0 Å². The van der Waals surface area contributed by atoms with Gasteiger partial charge in [-0.2, -0.15) is 0 Å². The lowest BCUT2D eigenvalue weighted by molar-refractivity contribution is 0.354. The van der Waals surface area contributed by atoms with Gasteiger partial charge in [0.15, 0.2) is 0 Å². The van der Waals surface area contributed by atoms with Gasteiger partial charge < -0.3 is 10.6 Å². The molecule has 1 atom stereocenters. The predicted octanol–water partition coefficient (Wildman–Crippen LogP) is 0.707. The molecule has 1 saturated heterocycles. The molecule has 0 saturated carbocycles. The van der Waals surface area contributed by atoms with Gasteiger partial charge in [-0.3, -0.25) is 0 Å². The highest BCUT2D eigenvalue weighted by Gasteiger charge is 2.37. The average Bonchev–Trinajstić information content (AvgIpc) is 2.63. The minimum Gasteiger partial charge on any atom is -0.330 e. The molecule has 1 aliphatic rings. The highest BCUT2D eigenvalue weighted by molar-refractivity contribution is 5.22. The van der Waals surface area contributed by atoms with Crippen LogP contribution in [0.2, 0.25) is 0 Å². The molecular formula is C12H20N4. The van der Waals surface area contributed by atoms with Gasteiger partial charge in [-0.15, -0.1) is 0 Å². The summed E-state index contributed by atoms with van der Waals surface area (Å²) in [5, 5.41) is 0. The number of nitrogens with zero attached hydrogens (tertiary/aromatic N) is 3. The molecule has 2 heterocycles. The molecule has 2 N–H and O–H groups in total. The molecule has 88 valence electrons. The number of likely N-dealkylation sites (N-methyl/N-ethyl adjacent to an activating group) is 1. The number of likely N-dealkylation sites (tertiary alicyclic amines) is 1. The minimum absolute atomic E-state index is 0.178. The molecule has 0 spiro atoms. The zero-order valence-corrected chi connectivity index (χ0v) is 10.1. The van der Waals surface area contributed by atoms with E-state index in [1.807, 2.05) is 19.3 Å². The Morgan fingerprint density at radius 1 is 1.44 bits per heavy atom. The van der Waals surface area contributed by atoms with E-state index < -0.39 is 0 Å². The molecule has 1 unspecified atom stereocenters. The topological polar surface area (TPSA) is 55.0 Å². The fourth-order valence-electron chi connectivity index (χ4n) is 2.61. The first-order chi connectivity index (χ1) is 7.66. The summed E-state index contributed by atoms with van der Waals surface area (Å²) in [6.45, 7) is 4.84. The largest absolute Gasteiger partial charge is 0.330 e. The average molecular weight is 220 g/mol. The van der Waals surface area contributed by atoms with Crippen molar-refractivity contribution in [2.45, 2.75) is 25.2 Å². The van der Waals surface area contributed by atoms with Crippen LogP contribution in [0.1, 0.15) is 24.2 Å². The summed E-state index contributed by atoms with van der Waals surface area (Å²) in [7, 11) is 2.16. The standard InChI is InChI=1S/C12H20N4/c1-10-14-7-11(8-15-10)12(3-5-13)4-6-16(2)9-12/h7-8H,3-6,9,13H2,1-2H3. The third-order valence-corrected chi connectivity index (χ3v) is 3.56. The Morgan fingerprint density at radius 3 is 2.62 bits per heavy atom. The summed E-state index contributed by atoms with van der Waals surface area (Å²) in [6, 6.07) is 0. The molecule has 1 fully saturated rings. The highest BCUT2D eigenvalue weighted by Crippen LogP contribution is 2.36. The van der Waals surface area contributed by atoms with Crippen molar-refractivity contribution >= 4 is 0 Å². The van der Waals surface area contributed by atoms with Crippen molar-refractivity contribution in [3.63, 3.8) is 0 Å². The van der Waals surface area contributed by atoms with Crippen molar-refractivity contribution in [1.82, 2.24) is 14.9 Å². The maximum absolute atomic E-state index is 5.75. The van der Waals surface area contributed by atoms with E-state index >= 15 is 0 Å². The normalized spacial score (nSPS) is 26.2. The number of aryl methyl sites for hydroxylation is 1. The molecule has 2 rings (SSSR count). The van der Waals surface area contributed by atoms with Crippen LogP contribution in [-0.4, -0.2) is 41.5 Å². The Labute approximate surface area is 96.9 Å². The van der Waals surface area contributed by atoms with E-state index in [0.717, 1.165) is 38.3 Å². The lowest BCUT2D eigenvalue weighted by Gasteiger charge is -2.28. The van der Waals surface area contributed by atoms with Crippen LogP contribution >= 0.6 is 0 Å². The smallest absolute Gasteiger partial charge is 0.125 e. The van der Waals surface area contributed by atoms with Crippen molar-refractivity contribution in [2.75, 3.05) is 26.7 Å². The van der Waals surface area contributed by atoms with Gasteiger partial charge in [-0.05, 0) is 45.5 Å². The van der Waals surface area contributed by atoms with Gasteiger partial charge in [0.1, 0.15) is 5.82 Å². The Hall–Kier alpha value is -1.00. The molecule has 0 aromatic carbocycles. The zero-order valence-electron chi connectivity index (χ0n) is 10.1. The summed E-state index contributed by atoms with van der Waals surface area (Å²) in [6.07, 6.45) is 6.12. The summed E-state index contributed by atoms with van der Waals surface area (Å²) in [4.78, 5) is 11.0. The van der Waals surface area contributed by atoms with Crippen molar-refractivity contribution in [3.05, 3.63) is 23.8 Å². The van der Waals surface area contributed by atoms with Gasteiger partial charge in [-0.25, -0.2) is 9.97 Å². The fraction of sp³-hybridized carbons (Fsp3) is 0.667. The molecule has 4 heteroatoms. The lowest BCUT2D eigenvalue weighted by Crippen LogP contribution is -2.32. The molecule has 16 heavy (non-hydrogen) atoms. The number of hydrogen-bond donors (Lipinski definition) is 1. The summed E-state index contributed by atoms with van der Waals surface area (Å²) >= 11 is 0. The first-order valence-electron chi connectivity index (χ1n) is 5.84. The molecule has 1 aromatic heterocycles. The molecule has 0 bridgehead atoms. The second-order valence-corrected chi connectivity index (χ2v) is 4.83. The molecule has 1 aromatic rings. The van der Waals surface area contributed by atoms with Gasteiger partial charge >= 0.3 is 0 Å². The maximum atomic E-state index is 5.75. The first-order valence-corrected chi connectivity index (χ1v) is 5.84. The Bertz CT molecular complexity index is 345. The van der Waals surface area contributed by atoms with Gasteiger partial charge in [-0.1, -0.05) is 0 Å². The van der Waals surface area contributed by atoms with Gasteiger partial charge in [0, 0.05) is 24.4 Å². The van der Waals surface area contributed by atoms with Gasteiger partial charge in [0.2, 0.25) is 0 Å². The van der Waals surface area contributed by atoms with E-state index in [1.165, 1.54) is 5.56 Å². The predicted molar refractivity (Wildman–Crippen MR) is 64.2 cm³/mol. The second kappa shape index (κ2) is 4.47. The summed E-state index contributed by atoms with van der Waals surface area (Å²) in [5.74, 6) is 0.831. The molecule has 0 radical (unpaired) electrons. The second-order valence-electron chi connectivity index (χ2n) is 4.83. The van der Waals surface area contributed by atoms with Crippen LogP contribution in [0, 0.1) is 6.92 Å². The highest BCUT2D eigenvalue weighted by atomic mass is 15.1. The number of rotatable bonds is 3. The van der Waals surface area contributed by atoms with E-state index in [-0.39, 0.29) is 5.41 Å². The molecular weight excluding hydrogens is 200 g/mol. The van der Waals surface area contributed by atoms with Crippen LogP contribution in [-0.2, 0) is 5.41 Å². The molecule has 0 aliphatic carbocycles. The molecule has 4 nitrogen and oxygen atoms in total. The third-order valence-electron chi connectivity index (χ3n) is 3.56.